The van der Waals surface area contributed by atoms with Crippen LogP contribution in [0, 0.1) is 5.92 Å². The quantitative estimate of drug-likeness (QED) is 0.436. The van der Waals surface area contributed by atoms with Gasteiger partial charge in [0.2, 0.25) is 0 Å². The summed E-state index contributed by atoms with van der Waals surface area (Å²) in [4.78, 5) is 30.0. The summed E-state index contributed by atoms with van der Waals surface area (Å²) < 4.78 is 0. The van der Waals surface area contributed by atoms with E-state index in [4.69, 9.17) is 23.2 Å². The number of nitrogens with zero attached hydrogens (tertiary/aromatic N) is 2. The Bertz CT molecular complexity index is 783. The van der Waals surface area contributed by atoms with Crippen LogP contribution in [0.25, 0.3) is 5.57 Å². The molecule has 0 bridgehead atoms. The molecule has 2 aliphatic rings. The molecule has 0 aliphatic carbocycles. The van der Waals surface area contributed by atoms with Crippen molar-refractivity contribution in [3.8, 4) is 0 Å². The van der Waals surface area contributed by atoms with E-state index in [0.717, 1.165) is 51.6 Å². The molecule has 2 aliphatic heterocycles. The van der Waals surface area contributed by atoms with Crippen molar-refractivity contribution in [2.75, 3.05) is 19.6 Å². The minimum atomic E-state index is -0.237. The molecule has 6 heteroatoms. The van der Waals surface area contributed by atoms with Gasteiger partial charge in [0.1, 0.15) is 5.70 Å². The second-order valence-corrected chi connectivity index (χ2v) is 8.68. The Morgan fingerprint density at radius 2 is 1.75 bits per heavy atom. The van der Waals surface area contributed by atoms with E-state index in [2.05, 4.69) is 18.7 Å². The normalized spacial score (nSPS) is 18.6. The van der Waals surface area contributed by atoms with Gasteiger partial charge in [-0.2, -0.15) is 0 Å². The summed E-state index contributed by atoms with van der Waals surface area (Å²) in [5.41, 5.74) is 1.53. The fraction of sp³-hybridized carbons (Fsp3) is 0.545. The molecule has 1 fully saturated rings. The third-order valence-corrected chi connectivity index (χ3v) is 6.23. The summed E-state index contributed by atoms with van der Waals surface area (Å²) >= 11 is 12.5. The van der Waals surface area contributed by atoms with E-state index in [0.29, 0.717) is 39.3 Å². The minimum absolute atomic E-state index is 0.183. The zero-order valence-electron chi connectivity index (χ0n) is 16.6. The molecule has 2 heterocycles. The summed E-state index contributed by atoms with van der Waals surface area (Å²) in [7, 11) is 0. The van der Waals surface area contributed by atoms with Gasteiger partial charge in [0.25, 0.3) is 11.8 Å². The number of carbonyl (C=O) groups excluding carboxylic acids is 2. The number of hydrogen-bond acceptors (Lipinski definition) is 3. The fourth-order valence-corrected chi connectivity index (χ4v) is 4.43. The molecule has 28 heavy (non-hydrogen) atoms. The van der Waals surface area contributed by atoms with Gasteiger partial charge in [0.05, 0.1) is 10.6 Å². The largest absolute Gasteiger partial charge is 0.366 e. The van der Waals surface area contributed by atoms with Crippen LogP contribution in [0.2, 0.25) is 10.0 Å². The highest BCUT2D eigenvalue weighted by Gasteiger charge is 2.42. The molecule has 0 atom stereocenters. The first-order chi connectivity index (χ1) is 13.4. The van der Waals surface area contributed by atoms with Crippen LogP contribution < -0.4 is 0 Å². The van der Waals surface area contributed by atoms with Crippen molar-refractivity contribution < 1.29 is 9.59 Å². The molecule has 0 saturated carbocycles. The lowest BCUT2D eigenvalue weighted by atomic mass is 9.97. The molecule has 1 saturated heterocycles. The zero-order chi connectivity index (χ0) is 20.3. The highest BCUT2D eigenvalue weighted by atomic mass is 35.5. The van der Waals surface area contributed by atoms with Crippen LogP contribution in [0.15, 0.2) is 23.9 Å². The number of unbranched alkanes of at least 4 members (excludes halogenated alkanes) is 3. The van der Waals surface area contributed by atoms with E-state index in [9.17, 15) is 9.59 Å². The number of imide groups is 1. The molecule has 152 valence electrons. The van der Waals surface area contributed by atoms with Crippen molar-refractivity contribution >= 4 is 40.6 Å². The molecule has 0 aromatic heterocycles. The van der Waals surface area contributed by atoms with E-state index in [1.54, 1.807) is 18.2 Å². The monoisotopic (exact) mass is 422 g/mol. The number of carbonyl (C=O) groups is 2. The Morgan fingerprint density at radius 1 is 1.04 bits per heavy atom. The summed E-state index contributed by atoms with van der Waals surface area (Å²) in [6.07, 6.45) is 6.10. The minimum Gasteiger partial charge on any atom is -0.366 e. The predicted octanol–water partition coefficient (Wildman–Crippen LogP) is 5.39. The van der Waals surface area contributed by atoms with Crippen LogP contribution >= 0.6 is 23.2 Å². The van der Waals surface area contributed by atoms with E-state index in [1.807, 2.05) is 0 Å². The number of likely N-dealkylation sites (tertiary alicyclic amines) is 1. The Labute approximate surface area is 177 Å². The van der Waals surface area contributed by atoms with E-state index in [-0.39, 0.29) is 11.8 Å². The van der Waals surface area contributed by atoms with Gasteiger partial charge in [-0.15, -0.1) is 0 Å². The number of amides is 2. The first-order valence-corrected chi connectivity index (χ1v) is 11.0. The first-order valence-electron chi connectivity index (χ1n) is 10.2. The van der Waals surface area contributed by atoms with Gasteiger partial charge in [-0.1, -0.05) is 62.4 Å². The molecule has 3 rings (SSSR count). The van der Waals surface area contributed by atoms with Gasteiger partial charge in [-0.25, -0.2) is 0 Å². The maximum atomic E-state index is 13.3. The van der Waals surface area contributed by atoms with Gasteiger partial charge in [-0.05, 0) is 37.3 Å². The molecule has 1 aromatic rings. The third-order valence-electron chi connectivity index (χ3n) is 5.68. The summed E-state index contributed by atoms with van der Waals surface area (Å²) in [6.45, 7) is 6.40. The fourth-order valence-electron chi connectivity index (χ4n) is 3.92. The van der Waals surface area contributed by atoms with Crippen LogP contribution in [-0.2, 0) is 9.59 Å². The average molecular weight is 423 g/mol. The van der Waals surface area contributed by atoms with Gasteiger partial charge in [0, 0.05) is 30.2 Å². The average Bonchev–Trinajstić information content (AvgIpc) is 2.90. The second kappa shape index (κ2) is 9.32. The number of hydrogen-bond donors (Lipinski definition) is 0. The smallest absolute Gasteiger partial charge is 0.277 e. The highest BCUT2D eigenvalue weighted by molar-refractivity contribution is 6.41. The molecule has 2 amide bonds. The Kier molecular flexibility index (Phi) is 7.05. The molecular formula is C22H28Cl2N2O2. The lowest BCUT2D eigenvalue weighted by Crippen LogP contribution is -2.38. The van der Waals surface area contributed by atoms with Crippen molar-refractivity contribution in [3.63, 3.8) is 0 Å². The highest BCUT2D eigenvalue weighted by Crippen LogP contribution is 2.37. The van der Waals surface area contributed by atoms with Gasteiger partial charge < -0.3 is 4.90 Å². The number of benzene rings is 1. The molecule has 0 unspecified atom stereocenters. The number of halogens is 2. The first kappa shape index (κ1) is 21.2. The van der Waals surface area contributed by atoms with Crippen molar-refractivity contribution in [1.29, 1.82) is 0 Å². The van der Waals surface area contributed by atoms with Gasteiger partial charge in [-0.3, -0.25) is 14.5 Å². The van der Waals surface area contributed by atoms with Crippen LogP contribution in [0.5, 0.6) is 0 Å². The summed E-state index contributed by atoms with van der Waals surface area (Å²) in [6, 6.07) is 5.09. The van der Waals surface area contributed by atoms with E-state index >= 15 is 0 Å². The summed E-state index contributed by atoms with van der Waals surface area (Å²) in [5.74, 6) is 0.216. The predicted molar refractivity (Wildman–Crippen MR) is 114 cm³/mol. The lowest BCUT2D eigenvalue weighted by Gasteiger charge is -2.32. The van der Waals surface area contributed by atoms with Crippen molar-refractivity contribution in [3.05, 3.63) is 39.5 Å². The molecule has 4 nitrogen and oxygen atoms in total. The van der Waals surface area contributed by atoms with Crippen LogP contribution in [0.4, 0.5) is 0 Å². The summed E-state index contributed by atoms with van der Waals surface area (Å²) in [5, 5.41) is 0.912. The third kappa shape index (κ3) is 4.38. The SMILES string of the molecule is CCCCCCN1C(=O)C(c2ccc(Cl)cc2Cl)=C(N2CCC(C)CC2)C1=O. The van der Waals surface area contributed by atoms with Crippen LogP contribution in [-0.4, -0.2) is 41.2 Å². The molecular weight excluding hydrogens is 395 g/mol. The molecule has 1 aromatic carbocycles. The molecule has 0 radical (unpaired) electrons. The van der Waals surface area contributed by atoms with Gasteiger partial charge in [0.15, 0.2) is 0 Å². The van der Waals surface area contributed by atoms with Crippen molar-refractivity contribution in [2.24, 2.45) is 5.92 Å². The van der Waals surface area contributed by atoms with E-state index in [1.165, 1.54) is 4.90 Å². The standard InChI is InChI=1S/C22H28Cl2N2O2/c1-3-4-5-6-11-26-21(27)19(17-8-7-16(23)14-18(17)24)20(22(26)28)25-12-9-15(2)10-13-25/h7-8,14-15H,3-6,9-13H2,1-2H3. The molecule has 0 spiro atoms. The molecule has 0 N–H and O–H groups in total. The van der Waals surface area contributed by atoms with Crippen molar-refractivity contribution in [1.82, 2.24) is 9.80 Å². The Balaban J connectivity index is 1.95. The van der Waals surface area contributed by atoms with Crippen LogP contribution in [0.3, 0.4) is 0 Å². The number of rotatable bonds is 7. The van der Waals surface area contributed by atoms with E-state index < -0.39 is 0 Å². The Morgan fingerprint density at radius 3 is 2.39 bits per heavy atom. The van der Waals surface area contributed by atoms with Gasteiger partial charge >= 0.3 is 0 Å². The zero-order valence-corrected chi connectivity index (χ0v) is 18.2. The van der Waals surface area contributed by atoms with Crippen LogP contribution in [0.1, 0.15) is 57.9 Å². The second-order valence-electron chi connectivity index (χ2n) is 7.84. The lowest BCUT2D eigenvalue weighted by molar-refractivity contribution is -0.137. The maximum absolute atomic E-state index is 13.3. The Hall–Kier alpha value is -1.52. The maximum Gasteiger partial charge on any atom is 0.277 e. The topological polar surface area (TPSA) is 40.6 Å². The van der Waals surface area contributed by atoms with Crippen molar-refractivity contribution in [2.45, 2.75) is 52.4 Å². The number of piperidine rings is 1.